The van der Waals surface area contributed by atoms with E-state index in [1.807, 2.05) is 18.4 Å². The fraction of sp³-hybridized carbons (Fsp3) is 0.308. The van der Waals surface area contributed by atoms with E-state index in [1.54, 1.807) is 17.8 Å². The van der Waals surface area contributed by atoms with Gasteiger partial charge in [-0.3, -0.25) is 0 Å². The molecule has 0 spiro atoms. The topological polar surface area (TPSA) is 38.9 Å². The third-order valence-electron chi connectivity index (χ3n) is 2.48. The van der Waals surface area contributed by atoms with Crippen molar-refractivity contribution >= 4 is 23.1 Å². The molecule has 96 valence electrons. The molecule has 2 nitrogen and oxygen atoms in total. The van der Waals surface area contributed by atoms with Gasteiger partial charge in [0.1, 0.15) is 10.8 Å². The summed E-state index contributed by atoms with van der Waals surface area (Å²) in [5.41, 5.74) is 7.19. The molecule has 0 amide bonds. The number of thiazole rings is 1. The van der Waals surface area contributed by atoms with Gasteiger partial charge in [-0.05, 0) is 24.8 Å². The van der Waals surface area contributed by atoms with Gasteiger partial charge in [0.2, 0.25) is 0 Å². The summed E-state index contributed by atoms with van der Waals surface area (Å²) >= 11 is 3.06. The van der Waals surface area contributed by atoms with Gasteiger partial charge in [-0.25, -0.2) is 9.37 Å². The normalized spacial score (nSPS) is 12.7. The zero-order valence-electron chi connectivity index (χ0n) is 10.3. The SMILES string of the molecule is CCSc1cccc(F)c1-c1nc(C(C)N)cs1. The highest BCUT2D eigenvalue weighted by Gasteiger charge is 2.15. The molecule has 2 aromatic rings. The first kappa shape index (κ1) is 13.5. The van der Waals surface area contributed by atoms with E-state index in [0.29, 0.717) is 10.6 Å². The Labute approximate surface area is 114 Å². The fourth-order valence-electron chi connectivity index (χ4n) is 1.60. The highest BCUT2D eigenvalue weighted by Crippen LogP contribution is 2.35. The van der Waals surface area contributed by atoms with Crippen LogP contribution in [0.5, 0.6) is 0 Å². The first-order valence-corrected chi connectivity index (χ1v) is 7.62. The molecule has 0 saturated carbocycles. The number of benzene rings is 1. The largest absolute Gasteiger partial charge is 0.323 e. The van der Waals surface area contributed by atoms with E-state index in [0.717, 1.165) is 16.3 Å². The van der Waals surface area contributed by atoms with Crippen LogP contribution in [0.1, 0.15) is 25.6 Å². The molecule has 1 aromatic carbocycles. The maximum Gasteiger partial charge on any atom is 0.134 e. The number of hydrogen-bond acceptors (Lipinski definition) is 4. The second kappa shape index (κ2) is 5.82. The minimum absolute atomic E-state index is 0.121. The second-order valence-corrected chi connectivity index (χ2v) is 6.08. The monoisotopic (exact) mass is 282 g/mol. The van der Waals surface area contributed by atoms with Crippen molar-refractivity contribution in [2.75, 3.05) is 5.75 Å². The van der Waals surface area contributed by atoms with E-state index in [2.05, 4.69) is 11.9 Å². The van der Waals surface area contributed by atoms with E-state index >= 15 is 0 Å². The fourth-order valence-corrected chi connectivity index (χ4v) is 3.47. The molecule has 0 aliphatic carbocycles. The molecule has 2 N–H and O–H groups in total. The molecule has 1 atom stereocenters. The molecule has 5 heteroatoms. The van der Waals surface area contributed by atoms with Crippen LogP contribution in [0.2, 0.25) is 0 Å². The Bertz CT molecular complexity index is 538. The molecule has 0 bridgehead atoms. The van der Waals surface area contributed by atoms with Gasteiger partial charge >= 0.3 is 0 Å². The summed E-state index contributed by atoms with van der Waals surface area (Å²) in [5, 5.41) is 2.60. The maximum atomic E-state index is 14.0. The molecule has 1 unspecified atom stereocenters. The highest BCUT2D eigenvalue weighted by atomic mass is 32.2. The molecular weight excluding hydrogens is 267 g/mol. The molecule has 1 heterocycles. The summed E-state index contributed by atoms with van der Waals surface area (Å²) in [5.74, 6) is 0.682. The summed E-state index contributed by atoms with van der Waals surface area (Å²) in [4.78, 5) is 5.36. The first-order valence-electron chi connectivity index (χ1n) is 5.76. The van der Waals surface area contributed by atoms with Crippen LogP contribution < -0.4 is 5.73 Å². The molecule has 1 aromatic heterocycles. The number of nitrogens with zero attached hydrogens (tertiary/aromatic N) is 1. The van der Waals surface area contributed by atoms with E-state index < -0.39 is 0 Å². The van der Waals surface area contributed by atoms with Crippen molar-refractivity contribution in [1.82, 2.24) is 4.98 Å². The van der Waals surface area contributed by atoms with Crippen LogP contribution in [0.3, 0.4) is 0 Å². The van der Waals surface area contributed by atoms with E-state index in [-0.39, 0.29) is 11.9 Å². The molecular formula is C13H15FN2S2. The van der Waals surface area contributed by atoms with Gasteiger partial charge in [-0.15, -0.1) is 23.1 Å². The zero-order chi connectivity index (χ0) is 13.1. The molecule has 2 rings (SSSR count). The molecule has 0 fully saturated rings. The van der Waals surface area contributed by atoms with Crippen molar-refractivity contribution in [3.8, 4) is 10.6 Å². The summed E-state index contributed by atoms with van der Waals surface area (Å²) < 4.78 is 14.0. The third-order valence-corrected chi connectivity index (χ3v) is 4.30. The van der Waals surface area contributed by atoms with Crippen molar-refractivity contribution in [1.29, 1.82) is 0 Å². The zero-order valence-corrected chi connectivity index (χ0v) is 11.9. The van der Waals surface area contributed by atoms with Crippen LogP contribution in [0, 0.1) is 5.82 Å². The second-order valence-electron chi connectivity index (χ2n) is 3.91. The summed E-state index contributed by atoms with van der Waals surface area (Å²) in [6, 6.07) is 5.02. The van der Waals surface area contributed by atoms with Crippen molar-refractivity contribution < 1.29 is 4.39 Å². The number of thioether (sulfide) groups is 1. The smallest absolute Gasteiger partial charge is 0.134 e. The van der Waals surface area contributed by atoms with Gasteiger partial charge in [0.05, 0.1) is 11.3 Å². The van der Waals surface area contributed by atoms with E-state index in [9.17, 15) is 4.39 Å². The molecule has 0 aliphatic rings. The minimum Gasteiger partial charge on any atom is -0.323 e. The number of halogens is 1. The summed E-state index contributed by atoms with van der Waals surface area (Å²) in [6.45, 7) is 3.93. The lowest BCUT2D eigenvalue weighted by molar-refractivity contribution is 0.628. The maximum absolute atomic E-state index is 14.0. The Hall–Kier alpha value is -0.910. The number of nitrogens with two attached hydrogens (primary N) is 1. The number of hydrogen-bond donors (Lipinski definition) is 1. The Morgan fingerprint density at radius 1 is 1.50 bits per heavy atom. The Balaban J connectivity index is 2.48. The van der Waals surface area contributed by atoms with E-state index in [4.69, 9.17) is 5.73 Å². The van der Waals surface area contributed by atoms with Crippen LogP contribution in [-0.2, 0) is 0 Å². The lowest BCUT2D eigenvalue weighted by Crippen LogP contribution is -2.05. The van der Waals surface area contributed by atoms with Gasteiger partial charge in [-0.1, -0.05) is 13.0 Å². The Morgan fingerprint density at radius 2 is 2.28 bits per heavy atom. The molecule has 0 radical (unpaired) electrons. The average molecular weight is 282 g/mol. The van der Waals surface area contributed by atoms with Crippen molar-refractivity contribution in [2.45, 2.75) is 24.8 Å². The van der Waals surface area contributed by atoms with Crippen LogP contribution in [-0.4, -0.2) is 10.7 Å². The summed E-state index contributed by atoms with van der Waals surface area (Å²) in [7, 11) is 0. The first-order chi connectivity index (χ1) is 8.63. The predicted molar refractivity (Wildman–Crippen MR) is 76.5 cm³/mol. The van der Waals surface area contributed by atoms with Gasteiger partial charge < -0.3 is 5.73 Å². The van der Waals surface area contributed by atoms with Crippen LogP contribution in [0.4, 0.5) is 4.39 Å². The van der Waals surface area contributed by atoms with Crippen LogP contribution in [0.15, 0.2) is 28.5 Å². The van der Waals surface area contributed by atoms with Crippen LogP contribution in [0.25, 0.3) is 10.6 Å². The minimum atomic E-state index is -0.223. The van der Waals surface area contributed by atoms with Crippen molar-refractivity contribution in [3.05, 3.63) is 35.1 Å². The quantitative estimate of drug-likeness (QED) is 0.859. The van der Waals surface area contributed by atoms with Crippen molar-refractivity contribution in [2.24, 2.45) is 5.73 Å². The van der Waals surface area contributed by atoms with Gasteiger partial charge in [-0.2, -0.15) is 0 Å². The Kier molecular flexibility index (Phi) is 4.37. The van der Waals surface area contributed by atoms with E-state index in [1.165, 1.54) is 17.4 Å². The lowest BCUT2D eigenvalue weighted by atomic mass is 10.2. The molecule has 18 heavy (non-hydrogen) atoms. The molecule has 0 aliphatic heterocycles. The third kappa shape index (κ3) is 2.74. The van der Waals surface area contributed by atoms with Crippen LogP contribution >= 0.6 is 23.1 Å². The summed E-state index contributed by atoms with van der Waals surface area (Å²) in [6.07, 6.45) is 0. The predicted octanol–water partition coefficient (Wildman–Crippen LogP) is 4.08. The number of aromatic nitrogens is 1. The highest BCUT2D eigenvalue weighted by molar-refractivity contribution is 7.99. The van der Waals surface area contributed by atoms with Gasteiger partial charge in [0.15, 0.2) is 0 Å². The Morgan fingerprint density at radius 3 is 2.89 bits per heavy atom. The van der Waals surface area contributed by atoms with Gasteiger partial charge in [0, 0.05) is 16.3 Å². The number of rotatable bonds is 4. The van der Waals surface area contributed by atoms with Gasteiger partial charge in [0.25, 0.3) is 0 Å². The average Bonchev–Trinajstić information content (AvgIpc) is 2.79. The van der Waals surface area contributed by atoms with Crippen molar-refractivity contribution in [3.63, 3.8) is 0 Å². The standard InChI is InChI=1S/C13H15FN2S2/c1-3-17-11-6-4-5-9(14)12(11)13-16-10(7-18-13)8(2)15/h4-8H,3,15H2,1-2H3. The molecule has 0 saturated heterocycles. The lowest BCUT2D eigenvalue weighted by Gasteiger charge is -2.06.